The van der Waals surface area contributed by atoms with Crippen LogP contribution in [-0.4, -0.2) is 39.4 Å². The van der Waals surface area contributed by atoms with E-state index in [1.54, 1.807) is 13.3 Å². The van der Waals surface area contributed by atoms with Crippen LogP contribution >= 0.6 is 0 Å². The first-order chi connectivity index (χ1) is 12.5. The number of rotatable bonds is 5. The highest BCUT2D eigenvalue weighted by atomic mass is 32.2. The van der Waals surface area contributed by atoms with Gasteiger partial charge < -0.3 is 9.88 Å². The lowest BCUT2D eigenvalue weighted by molar-refractivity contribution is 0.0952. The number of nitrogens with zero attached hydrogens (tertiary/aromatic N) is 2. The minimum absolute atomic E-state index is 0.0516. The van der Waals surface area contributed by atoms with Crippen LogP contribution < -0.4 is 5.32 Å². The number of carbonyl (C=O) groups excluding carboxylic acids is 1. The molecule has 140 valence electrons. The van der Waals surface area contributed by atoms with E-state index in [-0.39, 0.29) is 5.91 Å². The summed E-state index contributed by atoms with van der Waals surface area (Å²) in [6, 6.07) is 12.4. The van der Waals surface area contributed by atoms with E-state index in [0.29, 0.717) is 11.7 Å². The Balaban J connectivity index is 1.81. The van der Waals surface area contributed by atoms with Crippen molar-refractivity contribution in [2.24, 2.45) is 7.05 Å². The average Bonchev–Trinajstić information content (AvgIpc) is 3.03. The lowest BCUT2D eigenvalue weighted by Gasteiger charge is -2.36. The van der Waals surface area contributed by atoms with Crippen molar-refractivity contribution < 1.29 is 9.00 Å². The lowest BCUT2D eigenvalue weighted by atomic mass is 9.98. The van der Waals surface area contributed by atoms with Gasteiger partial charge in [0.15, 0.2) is 0 Å². The summed E-state index contributed by atoms with van der Waals surface area (Å²) in [5.41, 5.74) is 3.12. The molecule has 2 heterocycles. The quantitative estimate of drug-likeness (QED) is 0.877. The number of likely N-dealkylation sites (tertiary alicyclic amines) is 1. The Hall–Kier alpha value is -1.92. The second-order valence-electron chi connectivity index (χ2n) is 6.86. The van der Waals surface area contributed by atoms with Crippen molar-refractivity contribution >= 4 is 16.7 Å². The van der Waals surface area contributed by atoms with Crippen molar-refractivity contribution in [2.75, 3.05) is 19.8 Å². The van der Waals surface area contributed by atoms with Gasteiger partial charge in [-0.15, -0.1) is 0 Å². The molecule has 0 bridgehead atoms. The Bertz CT molecular complexity index is 798. The molecule has 1 N–H and O–H groups in total. The van der Waals surface area contributed by atoms with Crippen LogP contribution in [-0.2, 0) is 24.4 Å². The SMILES string of the molecule is CNC(=O)c1ccc([C@H]2CCCCN2Cc2ccc([S@](C)=O)cc2)n1C. The first-order valence-corrected chi connectivity index (χ1v) is 10.6. The third kappa shape index (κ3) is 3.91. The molecular formula is C20H27N3O2S. The molecule has 2 aromatic rings. The maximum Gasteiger partial charge on any atom is 0.267 e. The predicted molar refractivity (Wildman–Crippen MR) is 105 cm³/mol. The van der Waals surface area contributed by atoms with Gasteiger partial charge in [0.25, 0.3) is 5.91 Å². The van der Waals surface area contributed by atoms with Gasteiger partial charge in [-0.05, 0) is 49.2 Å². The monoisotopic (exact) mass is 373 g/mol. The smallest absolute Gasteiger partial charge is 0.267 e. The van der Waals surface area contributed by atoms with Gasteiger partial charge >= 0.3 is 0 Å². The molecule has 0 saturated carbocycles. The van der Waals surface area contributed by atoms with Crippen molar-refractivity contribution in [3.05, 3.63) is 53.3 Å². The topological polar surface area (TPSA) is 54.3 Å². The molecule has 0 spiro atoms. The van der Waals surface area contributed by atoms with Crippen molar-refractivity contribution in [3.8, 4) is 0 Å². The molecule has 0 radical (unpaired) electrons. The summed E-state index contributed by atoms with van der Waals surface area (Å²) < 4.78 is 13.6. The van der Waals surface area contributed by atoms with E-state index in [4.69, 9.17) is 0 Å². The van der Waals surface area contributed by atoms with Crippen molar-refractivity contribution in [2.45, 2.75) is 36.7 Å². The van der Waals surface area contributed by atoms with Gasteiger partial charge in [0.05, 0.1) is 6.04 Å². The number of hydrogen-bond acceptors (Lipinski definition) is 3. The summed E-state index contributed by atoms with van der Waals surface area (Å²) in [6.07, 6.45) is 5.20. The highest BCUT2D eigenvalue weighted by Crippen LogP contribution is 2.33. The van der Waals surface area contributed by atoms with E-state index in [2.05, 4.69) is 28.4 Å². The number of piperidine rings is 1. The van der Waals surface area contributed by atoms with Gasteiger partial charge in [0.1, 0.15) is 5.69 Å². The zero-order valence-electron chi connectivity index (χ0n) is 15.7. The first-order valence-electron chi connectivity index (χ1n) is 9.05. The van der Waals surface area contributed by atoms with Crippen molar-refractivity contribution in [1.82, 2.24) is 14.8 Å². The Morgan fingerprint density at radius 3 is 2.58 bits per heavy atom. The molecule has 0 unspecified atom stereocenters. The van der Waals surface area contributed by atoms with Gasteiger partial charge in [-0.1, -0.05) is 18.6 Å². The number of hydrogen-bond donors (Lipinski definition) is 1. The van der Waals surface area contributed by atoms with E-state index in [0.717, 1.165) is 24.4 Å². The maximum absolute atomic E-state index is 12.0. The highest BCUT2D eigenvalue weighted by molar-refractivity contribution is 7.84. The molecule has 1 aliphatic heterocycles. The van der Waals surface area contributed by atoms with Gasteiger partial charge in [-0.25, -0.2) is 0 Å². The maximum atomic E-state index is 12.0. The van der Waals surface area contributed by atoms with Gasteiger partial charge in [0, 0.05) is 48.3 Å². The van der Waals surface area contributed by atoms with Gasteiger partial charge in [-0.2, -0.15) is 0 Å². The molecule has 1 amide bonds. The van der Waals surface area contributed by atoms with Crippen LogP contribution in [0.2, 0.25) is 0 Å². The largest absolute Gasteiger partial charge is 0.354 e. The van der Waals surface area contributed by atoms with Crippen LogP contribution in [0.4, 0.5) is 0 Å². The lowest BCUT2D eigenvalue weighted by Crippen LogP contribution is -2.34. The number of benzene rings is 1. The third-order valence-electron chi connectivity index (χ3n) is 5.22. The van der Waals surface area contributed by atoms with Gasteiger partial charge in [0.2, 0.25) is 0 Å². The second kappa shape index (κ2) is 8.18. The van der Waals surface area contributed by atoms with Crippen molar-refractivity contribution in [1.29, 1.82) is 0 Å². The Morgan fingerprint density at radius 2 is 1.92 bits per heavy atom. The summed E-state index contributed by atoms with van der Waals surface area (Å²) in [7, 11) is 2.69. The minimum atomic E-state index is -0.941. The summed E-state index contributed by atoms with van der Waals surface area (Å²) in [4.78, 5) is 15.4. The Labute approximate surface area is 157 Å². The molecule has 1 fully saturated rings. The average molecular weight is 374 g/mol. The molecule has 5 nitrogen and oxygen atoms in total. The van der Waals surface area contributed by atoms with Crippen LogP contribution in [0, 0.1) is 0 Å². The van der Waals surface area contributed by atoms with Crippen LogP contribution in [0.25, 0.3) is 0 Å². The zero-order chi connectivity index (χ0) is 18.7. The number of aromatic nitrogens is 1. The molecule has 6 heteroatoms. The Kier molecular flexibility index (Phi) is 5.94. The van der Waals surface area contributed by atoms with E-state index < -0.39 is 10.8 Å². The normalized spacial score (nSPS) is 19.3. The summed E-state index contributed by atoms with van der Waals surface area (Å²) >= 11 is 0. The molecule has 3 rings (SSSR count). The number of nitrogens with one attached hydrogen (secondary N) is 1. The molecule has 1 aliphatic rings. The fourth-order valence-corrected chi connectivity index (χ4v) is 4.27. The second-order valence-corrected chi connectivity index (χ2v) is 8.24. The van der Waals surface area contributed by atoms with Crippen LogP contribution in [0.5, 0.6) is 0 Å². The minimum Gasteiger partial charge on any atom is -0.354 e. The van der Waals surface area contributed by atoms with Crippen LogP contribution in [0.15, 0.2) is 41.3 Å². The molecule has 26 heavy (non-hydrogen) atoms. The summed E-state index contributed by atoms with van der Waals surface area (Å²) in [5, 5.41) is 2.71. The first kappa shape index (κ1) is 18.9. The van der Waals surface area contributed by atoms with Gasteiger partial charge in [-0.3, -0.25) is 13.9 Å². The number of amides is 1. The van der Waals surface area contributed by atoms with E-state index >= 15 is 0 Å². The summed E-state index contributed by atoms with van der Waals surface area (Å²) in [5.74, 6) is -0.0516. The standard InChI is InChI=1S/C20H27N3O2S/c1-21-20(24)19-12-11-17(22(19)2)18-6-4-5-13-23(18)14-15-7-9-16(10-8-15)26(3)25/h7-12,18H,4-6,13-14H2,1-3H3,(H,21,24)/t18-,26+/m1/s1. The molecule has 2 atom stereocenters. The Morgan fingerprint density at radius 1 is 1.19 bits per heavy atom. The number of carbonyl (C=O) groups is 1. The summed E-state index contributed by atoms with van der Waals surface area (Å²) in [6.45, 7) is 1.91. The van der Waals surface area contributed by atoms with Crippen LogP contribution in [0.3, 0.4) is 0 Å². The molecular weight excluding hydrogens is 346 g/mol. The molecule has 1 aromatic carbocycles. The molecule has 1 aromatic heterocycles. The van der Waals surface area contributed by atoms with Crippen molar-refractivity contribution in [3.63, 3.8) is 0 Å². The van der Waals surface area contributed by atoms with Crippen LogP contribution in [0.1, 0.15) is 47.1 Å². The van der Waals surface area contributed by atoms with E-state index in [1.165, 1.54) is 24.1 Å². The fraction of sp³-hybridized carbons (Fsp3) is 0.450. The molecule has 0 aliphatic carbocycles. The van der Waals surface area contributed by atoms with E-state index in [1.807, 2.05) is 29.8 Å². The highest BCUT2D eigenvalue weighted by Gasteiger charge is 2.27. The fourth-order valence-electron chi connectivity index (χ4n) is 3.75. The third-order valence-corrected chi connectivity index (χ3v) is 6.15. The predicted octanol–water partition coefficient (Wildman–Crippen LogP) is 2.85. The zero-order valence-corrected chi connectivity index (χ0v) is 16.5. The van der Waals surface area contributed by atoms with E-state index in [9.17, 15) is 9.00 Å². The molecule has 1 saturated heterocycles.